The molecule has 1 aliphatic rings. The molecule has 3 rings (SSSR count). The largest absolute Gasteiger partial charge is 0.299 e. The highest BCUT2D eigenvalue weighted by Gasteiger charge is 2.34. The number of halogens is 2. The third-order valence-corrected chi connectivity index (χ3v) is 5.21. The lowest BCUT2D eigenvalue weighted by molar-refractivity contribution is -0.121. The number of carbonyl (C=O) groups is 2. The Kier molecular flexibility index (Phi) is 5.37. The fourth-order valence-corrected chi connectivity index (χ4v) is 3.68. The molecular formula is C20H18Cl2O2. The molecule has 0 radical (unpaired) electrons. The Morgan fingerprint density at radius 3 is 2.12 bits per heavy atom. The van der Waals surface area contributed by atoms with Crippen LogP contribution in [0.5, 0.6) is 0 Å². The normalized spacial score (nSPS) is 18.6. The lowest BCUT2D eigenvalue weighted by atomic mass is 9.80. The summed E-state index contributed by atoms with van der Waals surface area (Å²) in [5, 5.41) is 1.26. The maximum absolute atomic E-state index is 12.7. The molecule has 2 aromatic carbocycles. The van der Waals surface area contributed by atoms with Crippen LogP contribution in [0, 0.1) is 5.92 Å². The van der Waals surface area contributed by atoms with Crippen LogP contribution in [-0.4, -0.2) is 11.6 Å². The molecule has 0 heterocycles. The van der Waals surface area contributed by atoms with E-state index in [9.17, 15) is 9.59 Å². The summed E-state index contributed by atoms with van der Waals surface area (Å²) in [6.45, 7) is 0. The Hall–Kier alpha value is -1.64. The smallest absolute Gasteiger partial charge is 0.163 e. The Bertz CT molecular complexity index is 735. The van der Waals surface area contributed by atoms with Gasteiger partial charge < -0.3 is 0 Å². The van der Waals surface area contributed by atoms with Gasteiger partial charge in [0.05, 0.1) is 0 Å². The average Bonchev–Trinajstić information content (AvgIpc) is 3.00. The molecule has 2 aromatic rings. The summed E-state index contributed by atoms with van der Waals surface area (Å²) >= 11 is 11.9. The molecular weight excluding hydrogens is 343 g/mol. The van der Waals surface area contributed by atoms with Crippen molar-refractivity contribution in [1.29, 1.82) is 0 Å². The van der Waals surface area contributed by atoms with E-state index < -0.39 is 0 Å². The van der Waals surface area contributed by atoms with E-state index >= 15 is 0 Å². The number of rotatable bonds is 5. The molecule has 24 heavy (non-hydrogen) atoms. The van der Waals surface area contributed by atoms with Gasteiger partial charge in [0, 0.05) is 40.3 Å². The standard InChI is InChI=1S/C20H18Cl2O2/c21-15-8-4-13(5-9-15)18(17-2-1-3-19(17)23)12-20(24)14-6-10-16(22)11-7-14/h4-11,17-18H,1-3,12H2/t17-,18-/m0/s1. The molecule has 0 spiro atoms. The zero-order chi connectivity index (χ0) is 17.1. The third kappa shape index (κ3) is 3.88. The van der Waals surface area contributed by atoms with Crippen LogP contribution in [-0.2, 0) is 4.79 Å². The van der Waals surface area contributed by atoms with Gasteiger partial charge in [0.25, 0.3) is 0 Å². The van der Waals surface area contributed by atoms with Crippen molar-refractivity contribution in [1.82, 2.24) is 0 Å². The van der Waals surface area contributed by atoms with Crippen LogP contribution in [0.2, 0.25) is 10.0 Å². The van der Waals surface area contributed by atoms with Crippen molar-refractivity contribution in [2.24, 2.45) is 5.92 Å². The number of carbonyl (C=O) groups excluding carboxylic acids is 2. The van der Waals surface area contributed by atoms with Gasteiger partial charge in [-0.15, -0.1) is 0 Å². The Morgan fingerprint density at radius 1 is 1.00 bits per heavy atom. The van der Waals surface area contributed by atoms with Gasteiger partial charge in [-0.25, -0.2) is 0 Å². The Labute approximate surface area is 151 Å². The first-order valence-electron chi connectivity index (χ1n) is 8.11. The van der Waals surface area contributed by atoms with E-state index in [0.717, 1.165) is 18.4 Å². The molecule has 2 atom stereocenters. The van der Waals surface area contributed by atoms with E-state index in [1.807, 2.05) is 24.3 Å². The molecule has 0 aliphatic heterocycles. The lowest BCUT2D eigenvalue weighted by Gasteiger charge is -2.22. The molecule has 124 valence electrons. The predicted octanol–water partition coefficient (Wildman–Crippen LogP) is 5.72. The molecule has 0 saturated heterocycles. The summed E-state index contributed by atoms with van der Waals surface area (Å²) < 4.78 is 0. The maximum atomic E-state index is 12.7. The van der Waals surface area contributed by atoms with E-state index in [4.69, 9.17) is 23.2 Å². The highest BCUT2D eigenvalue weighted by atomic mass is 35.5. The summed E-state index contributed by atoms with van der Waals surface area (Å²) in [4.78, 5) is 25.0. The van der Waals surface area contributed by atoms with Crippen molar-refractivity contribution in [3.63, 3.8) is 0 Å². The second kappa shape index (κ2) is 7.50. The number of hydrogen-bond acceptors (Lipinski definition) is 2. The van der Waals surface area contributed by atoms with Crippen molar-refractivity contribution >= 4 is 34.8 Å². The maximum Gasteiger partial charge on any atom is 0.163 e. The average molecular weight is 361 g/mol. The lowest BCUT2D eigenvalue weighted by Crippen LogP contribution is -2.20. The van der Waals surface area contributed by atoms with Crippen LogP contribution >= 0.6 is 23.2 Å². The van der Waals surface area contributed by atoms with Crippen LogP contribution in [0.15, 0.2) is 48.5 Å². The zero-order valence-corrected chi connectivity index (χ0v) is 14.7. The highest BCUT2D eigenvalue weighted by Crippen LogP contribution is 2.38. The van der Waals surface area contributed by atoms with Gasteiger partial charge in [0.1, 0.15) is 5.78 Å². The number of Topliss-reactive ketones (excluding diaryl/α,β-unsaturated/α-hetero) is 2. The third-order valence-electron chi connectivity index (χ3n) is 4.71. The molecule has 0 amide bonds. The van der Waals surface area contributed by atoms with Gasteiger partial charge in [0.15, 0.2) is 5.78 Å². The minimum atomic E-state index is -0.0968. The number of ketones is 2. The second-order valence-corrected chi connectivity index (χ2v) is 7.13. The summed E-state index contributed by atoms with van der Waals surface area (Å²) in [5.41, 5.74) is 1.63. The second-order valence-electron chi connectivity index (χ2n) is 6.26. The molecule has 2 nitrogen and oxygen atoms in total. The molecule has 1 aliphatic carbocycles. The van der Waals surface area contributed by atoms with Crippen molar-refractivity contribution in [3.8, 4) is 0 Å². The minimum Gasteiger partial charge on any atom is -0.299 e. The first-order chi connectivity index (χ1) is 11.5. The van der Waals surface area contributed by atoms with Crippen LogP contribution in [0.25, 0.3) is 0 Å². The molecule has 0 unspecified atom stereocenters. The van der Waals surface area contributed by atoms with Crippen LogP contribution in [0.4, 0.5) is 0 Å². The van der Waals surface area contributed by atoms with Crippen LogP contribution in [0.1, 0.15) is 47.5 Å². The molecule has 4 heteroatoms. The van der Waals surface area contributed by atoms with Gasteiger partial charge in [-0.05, 0) is 54.8 Å². The van der Waals surface area contributed by atoms with E-state index in [-0.39, 0.29) is 23.4 Å². The van der Waals surface area contributed by atoms with Crippen LogP contribution < -0.4 is 0 Å². The number of benzene rings is 2. The molecule has 1 saturated carbocycles. The Morgan fingerprint density at radius 2 is 1.58 bits per heavy atom. The molecule has 0 N–H and O–H groups in total. The van der Waals surface area contributed by atoms with Gasteiger partial charge in [-0.1, -0.05) is 35.3 Å². The fraction of sp³-hybridized carbons (Fsp3) is 0.300. The summed E-state index contributed by atoms with van der Waals surface area (Å²) in [6.07, 6.45) is 2.69. The molecule has 0 aromatic heterocycles. The van der Waals surface area contributed by atoms with Gasteiger partial charge >= 0.3 is 0 Å². The van der Waals surface area contributed by atoms with Crippen molar-refractivity contribution in [2.75, 3.05) is 0 Å². The summed E-state index contributed by atoms with van der Waals surface area (Å²) in [5.74, 6) is 0.119. The molecule has 1 fully saturated rings. The Balaban J connectivity index is 1.86. The van der Waals surface area contributed by atoms with E-state index in [1.54, 1.807) is 24.3 Å². The molecule has 0 bridgehead atoms. The first kappa shape index (κ1) is 17.2. The van der Waals surface area contributed by atoms with Gasteiger partial charge in [0.2, 0.25) is 0 Å². The SMILES string of the molecule is O=C(C[C@@H](c1ccc(Cl)cc1)[C@@H]1CCCC1=O)c1ccc(Cl)cc1. The quantitative estimate of drug-likeness (QED) is 0.639. The monoisotopic (exact) mass is 360 g/mol. The van der Waals surface area contributed by atoms with Gasteiger partial charge in [-0.3, -0.25) is 9.59 Å². The van der Waals surface area contributed by atoms with Crippen molar-refractivity contribution < 1.29 is 9.59 Å². The number of hydrogen-bond donors (Lipinski definition) is 0. The van der Waals surface area contributed by atoms with Crippen LogP contribution in [0.3, 0.4) is 0 Å². The minimum absolute atomic E-state index is 0.0336. The first-order valence-corrected chi connectivity index (χ1v) is 8.87. The van der Waals surface area contributed by atoms with E-state index in [0.29, 0.717) is 28.5 Å². The zero-order valence-electron chi connectivity index (χ0n) is 13.2. The summed E-state index contributed by atoms with van der Waals surface area (Å²) in [7, 11) is 0. The van der Waals surface area contributed by atoms with Gasteiger partial charge in [-0.2, -0.15) is 0 Å². The van der Waals surface area contributed by atoms with Crippen molar-refractivity contribution in [2.45, 2.75) is 31.6 Å². The van der Waals surface area contributed by atoms with E-state index in [1.165, 1.54) is 0 Å². The van der Waals surface area contributed by atoms with Crippen molar-refractivity contribution in [3.05, 3.63) is 69.7 Å². The highest BCUT2D eigenvalue weighted by molar-refractivity contribution is 6.30. The summed E-state index contributed by atoms with van der Waals surface area (Å²) in [6, 6.07) is 14.4. The topological polar surface area (TPSA) is 34.1 Å². The van der Waals surface area contributed by atoms with E-state index in [2.05, 4.69) is 0 Å². The predicted molar refractivity (Wildman–Crippen MR) is 96.9 cm³/mol. The fourth-order valence-electron chi connectivity index (χ4n) is 3.42.